The molecule has 1 atom stereocenters. The van der Waals surface area contributed by atoms with E-state index in [4.69, 9.17) is 5.73 Å². The van der Waals surface area contributed by atoms with Gasteiger partial charge in [0.25, 0.3) is 0 Å². The highest BCUT2D eigenvalue weighted by molar-refractivity contribution is 5.87. The number of aryl methyl sites for hydroxylation is 1. The summed E-state index contributed by atoms with van der Waals surface area (Å²) < 4.78 is 0. The van der Waals surface area contributed by atoms with Crippen molar-refractivity contribution < 1.29 is 0 Å². The lowest BCUT2D eigenvalue weighted by molar-refractivity contribution is 0.451. The second-order valence-electron chi connectivity index (χ2n) is 9.99. The minimum absolute atomic E-state index is 0.399. The molecule has 238 valence electrons. The molecule has 43 heavy (non-hydrogen) atoms. The van der Waals surface area contributed by atoms with Crippen LogP contribution in [0.1, 0.15) is 118 Å². The molecular formula is C41H64N2. The van der Waals surface area contributed by atoms with E-state index in [9.17, 15) is 0 Å². The van der Waals surface area contributed by atoms with Gasteiger partial charge in [0, 0.05) is 6.42 Å². The Kier molecular flexibility index (Phi) is 24.4. The van der Waals surface area contributed by atoms with Crippen LogP contribution in [-0.2, 0) is 5.54 Å². The summed E-state index contributed by atoms with van der Waals surface area (Å²) in [4.78, 5) is 4.62. The molecule has 0 spiro atoms. The molecule has 3 aromatic rings. The van der Waals surface area contributed by atoms with Gasteiger partial charge in [0.2, 0.25) is 0 Å². The molecule has 0 saturated carbocycles. The van der Waals surface area contributed by atoms with Crippen LogP contribution in [0.4, 0.5) is 0 Å². The average Bonchev–Trinajstić information content (AvgIpc) is 3.35. The van der Waals surface area contributed by atoms with Crippen LogP contribution < -0.4 is 5.73 Å². The number of rotatable bonds is 7. The number of amidine groups is 1. The van der Waals surface area contributed by atoms with Gasteiger partial charge in [-0.05, 0) is 53.7 Å². The lowest BCUT2D eigenvalue weighted by Crippen LogP contribution is -2.17. The van der Waals surface area contributed by atoms with Crippen LogP contribution in [0.3, 0.4) is 0 Å². The van der Waals surface area contributed by atoms with Crippen LogP contribution in [0, 0.1) is 12.8 Å². The summed E-state index contributed by atoms with van der Waals surface area (Å²) >= 11 is 0. The standard InChI is InChI=1S/C19H20N2.C8H8.C8H18.3C2H6/c1-13-6-4-7-15(10-13)16-8-5-9-17(12-16)19(3)14(2)11-18(20)21-19;1-2-8-6-4-3-5-7-8;1-4-7-8(5-2)6-3;3*1-2/h4-10,12H,2,11H2,1,3H3,(H2,20,21);2-7H,1H2;8H,4-7H2,1-3H3;3*1-2H3. The lowest BCUT2D eigenvalue weighted by atomic mass is 9.85. The van der Waals surface area contributed by atoms with E-state index in [2.05, 4.69) is 101 Å². The van der Waals surface area contributed by atoms with Crippen molar-refractivity contribution in [1.82, 2.24) is 0 Å². The van der Waals surface area contributed by atoms with Gasteiger partial charge in [0.1, 0.15) is 5.54 Å². The molecule has 2 N–H and O–H groups in total. The Labute approximate surface area is 267 Å². The second kappa shape index (κ2) is 25.1. The number of hydrogen-bond donors (Lipinski definition) is 1. The van der Waals surface area contributed by atoms with Gasteiger partial charge in [-0.3, -0.25) is 4.99 Å². The van der Waals surface area contributed by atoms with Crippen molar-refractivity contribution in [2.24, 2.45) is 16.6 Å². The van der Waals surface area contributed by atoms with Gasteiger partial charge in [-0.1, -0.05) is 186 Å². The third-order valence-electron chi connectivity index (χ3n) is 7.11. The van der Waals surface area contributed by atoms with E-state index in [0.717, 1.165) is 17.1 Å². The Morgan fingerprint density at radius 1 is 0.814 bits per heavy atom. The first-order chi connectivity index (χ1) is 20.8. The summed E-state index contributed by atoms with van der Waals surface area (Å²) in [6, 6.07) is 27.1. The van der Waals surface area contributed by atoms with Crippen molar-refractivity contribution in [3.8, 4) is 11.1 Å². The van der Waals surface area contributed by atoms with Gasteiger partial charge in [-0.2, -0.15) is 0 Å². The van der Waals surface area contributed by atoms with E-state index in [1.165, 1.54) is 47.9 Å². The number of hydrogen-bond acceptors (Lipinski definition) is 2. The quantitative estimate of drug-likeness (QED) is 0.276. The highest BCUT2D eigenvalue weighted by atomic mass is 15.0. The molecular weight excluding hydrogens is 520 g/mol. The summed E-state index contributed by atoms with van der Waals surface area (Å²) in [6.45, 7) is 30.8. The maximum absolute atomic E-state index is 5.90. The summed E-state index contributed by atoms with van der Waals surface area (Å²) in [5.74, 6) is 1.67. The van der Waals surface area contributed by atoms with Crippen LogP contribution in [0.15, 0.2) is 103 Å². The molecule has 0 aliphatic carbocycles. The molecule has 0 aromatic heterocycles. The molecule has 2 heteroatoms. The van der Waals surface area contributed by atoms with Crippen molar-refractivity contribution in [2.75, 3.05) is 0 Å². The molecule has 1 aliphatic rings. The topological polar surface area (TPSA) is 38.4 Å². The normalized spacial score (nSPS) is 14.4. The molecule has 3 aromatic carbocycles. The fourth-order valence-electron chi connectivity index (χ4n) is 4.59. The molecule has 2 nitrogen and oxygen atoms in total. The summed E-state index contributed by atoms with van der Waals surface area (Å²) in [7, 11) is 0. The van der Waals surface area contributed by atoms with Crippen molar-refractivity contribution >= 4 is 11.9 Å². The largest absolute Gasteiger partial charge is 0.387 e. The first-order valence-electron chi connectivity index (χ1n) is 16.6. The number of benzene rings is 3. The van der Waals surface area contributed by atoms with Crippen LogP contribution in [0.25, 0.3) is 17.2 Å². The molecule has 0 radical (unpaired) electrons. The van der Waals surface area contributed by atoms with Gasteiger partial charge in [0.05, 0.1) is 5.84 Å². The third-order valence-corrected chi connectivity index (χ3v) is 7.11. The summed E-state index contributed by atoms with van der Waals surface area (Å²) in [6.07, 6.45) is 8.03. The SMILES string of the molecule is C=C1CC(N)=NC1(C)c1cccc(-c2cccc(C)c2)c1.C=Cc1ccccc1.CC.CC.CC.CCCC(CC)CC. The van der Waals surface area contributed by atoms with Crippen molar-refractivity contribution in [1.29, 1.82) is 0 Å². The lowest BCUT2D eigenvalue weighted by Gasteiger charge is -2.23. The minimum atomic E-state index is -0.399. The minimum Gasteiger partial charge on any atom is -0.387 e. The summed E-state index contributed by atoms with van der Waals surface area (Å²) in [5.41, 5.74) is 12.6. The van der Waals surface area contributed by atoms with Crippen LogP contribution in [-0.4, -0.2) is 5.84 Å². The first-order valence-corrected chi connectivity index (χ1v) is 16.6. The zero-order chi connectivity index (χ0) is 33.3. The van der Waals surface area contributed by atoms with Gasteiger partial charge in [-0.15, -0.1) is 0 Å². The zero-order valence-electron chi connectivity index (χ0n) is 29.6. The van der Waals surface area contributed by atoms with Crippen LogP contribution >= 0.6 is 0 Å². The van der Waals surface area contributed by atoms with E-state index in [-0.39, 0.29) is 0 Å². The molecule has 1 unspecified atom stereocenters. The van der Waals surface area contributed by atoms with E-state index < -0.39 is 5.54 Å². The molecule has 4 rings (SSSR count). The van der Waals surface area contributed by atoms with Crippen molar-refractivity contribution in [3.63, 3.8) is 0 Å². The van der Waals surface area contributed by atoms with Crippen LogP contribution in [0.2, 0.25) is 0 Å². The average molecular weight is 585 g/mol. The van der Waals surface area contributed by atoms with E-state index >= 15 is 0 Å². The highest BCUT2D eigenvalue weighted by Gasteiger charge is 2.34. The molecule has 0 fully saturated rings. The number of nitrogens with two attached hydrogens (primary N) is 1. The van der Waals surface area contributed by atoms with Crippen molar-refractivity contribution in [2.45, 2.75) is 114 Å². The van der Waals surface area contributed by atoms with Crippen LogP contribution in [0.5, 0.6) is 0 Å². The van der Waals surface area contributed by atoms with E-state index in [1.54, 1.807) is 0 Å². The second-order valence-corrected chi connectivity index (χ2v) is 9.99. The number of nitrogens with zero attached hydrogens (tertiary/aromatic N) is 1. The fraction of sp³-hybridized carbons (Fsp3) is 0.439. The monoisotopic (exact) mass is 585 g/mol. The predicted molar refractivity (Wildman–Crippen MR) is 199 cm³/mol. The Bertz CT molecular complexity index is 1160. The van der Waals surface area contributed by atoms with Gasteiger partial charge in [0.15, 0.2) is 0 Å². The Morgan fingerprint density at radius 2 is 1.35 bits per heavy atom. The first kappa shape index (κ1) is 41.7. The fourth-order valence-corrected chi connectivity index (χ4v) is 4.59. The molecule has 0 saturated heterocycles. The van der Waals surface area contributed by atoms with Gasteiger partial charge in [-0.25, -0.2) is 0 Å². The van der Waals surface area contributed by atoms with E-state index in [1.807, 2.05) is 78.0 Å². The summed E-state index contributed by atoms with van der Waals surface area (Å²) in [5, 5.41) is 0. The zero-order valence-corrected chi connectivity index (χ0v) is 29.6. The Morgan fingerprint density at radius 3 is 1.74 bits per heavy atom. The predicted octanol–water partition coefficient (Wildman–Crippen LogP) is 12.8. The molecule has 0 bridgehead atoms. The third kappa shape index (κ3) is 15.1. The Balaban J connectivity index is 0. The number of aliphatic imine (C=N–C) groups is 1. The smallest absolute Gasteiger partial charge is 0.106 e. The van der Waals surface area contributed by atoms with Gasteiger partial charge < -0.3 is 5.73 Å². The van der Waals surface area contributed by atoms with E-state index in [0.29, 0.717) is 12.3 Å². The van der Waals surface area contributed by atoms with Gasteiger partial charge >= 0.3 is 0 Å². The maximum atomic E-state index is 5.90. The Hall–Kier alpha value is -3.39. The molecule has 1 heterocycles. The van der Waals surface area contributed by atoms with Crippen molar-refractivity contribution in [3.05, 3.63) is 114 Å². The molecule has 0 amide bonds. The highest BCUT2D eigenvalue weighted by Crippen LogP contribution is 2.40. The molecule has 1 aliphatic heterocycles. The maximum Gasteiger partial charge on any atom is 0.106 e.